The second kappa shape index (κ2) is 3.39. The Bertz CT molecular complexity index is 425. The maximum Gasteiger partial charge on any atom is 0.231 e. The highest BCUT2D eigenvalue weighted by atomic mass is 79.9. The van der Waals surface area contributed by atoms with Gasteiger partial charge in [0.25, 0.3) is 0 Å². The van der Waals surface area contributed by atoms with Gasteiger partial charge in [-0.25, -0.2) is 0 Å². The Morgan fingerprint density at radius 2 is 2.21 bits per heavy atom. The summed E-state index contributed by atoms with van der Waals surface area (Å²) in [5.41, 5.74) is 0.414. The molecule has 4 nitrogen and oxygen atoms in total. The molecular formula is C9H6BrNO3. The monoisotopic (exact) mass is 255 g/mol. The molecule has 14 heavy (non-hydrogen) atoms. The van der Waals surface area contributed by atoms with E-state index in [2.05, 4.69) is 15.9 Å². The highest BCUT2D eigenvalue weighted by Crippen LogP contribution is 2.46. The summed E-state index contributed by atoms with van der Waals surface area (Å²) in [4.78, 5) is 0. The van der Waals surface area contributed by atoms with E-state index in [4.69, 9.17) is 19.5 Å². The minimum atomic E-state index is 0.135. The van der Waals surface area contributed by atoms with Gasteiger partial charge in [-0.15, -0.1) is 0 Å². The lowest BCUT2D eigenvalue weighted by Gasteiger charge is -2.06. The van der Waals surface area contributed by atoms with Crippen molar-refractivity contribution in [1.29, 1.82) is 5.26 Å². The topological polar surface area (TPSA) is 51.5 Å². The summed E-state index contributed by atoms with van der Waals surface area (Å²) >= 11 is 3.32. The van der Waals surface area contributed by atoms with Gasteiger partial charge in [0.2, 0.25) is 6.79 Å². The number of hydrogen-bond acceptors (Lipinski definition) is 4. The number of fused-ring (bicyclic) bond motifs is 1. The molecule has 5 heteroatoms. The summed E-state index contributed by atoms with van der Waals surface area (Å²) in [5.74, 6) is 1.56. The Labute approximate surface area is 89.1 Å². The van der Waals surface area contributed by atoms with Gasteiger partial charge >= 0.3 is 0 Å². The molecule has 72 valence electrons. The number of halogens is 1. The zero-order valence-corrected chi connectivity index (χ0v) is 8.92. The smallest absolute Gasteiger partial charge is 0.231 e. The van der Waals surface area contributed by atoms with Crippen molar-refractivity contribution in [1.82, 2.24) is 0 Å². The van der Waals surface area contributed by atoms with Gasteiger partial charge in [0.1, 0.15) is 21.9 Å². The van der Waals surface area contributed by atoms with Crippen molar-refractivity contribution < 1.29 is 14.2 Å². The SMILES string of the molecule is COc1cc(C#N)c2c(c1Br)OCO2. The number of ether oxygens (including phenoxy) is 3. The van der Waals surface area contributed by atoms with E-state index in [9.17, 15) is 0 Å². The molecule has 1 aromatic carbocycles. The van der Waals surface area contributed by atoms with Crippen LogP contribution >= 0.6 is 15.9 Å². The maximum atomic E-state index is 8.86. The summed E-state index contributed by atoms with van der Waals surface area (Å²) in [6, 6.07) is 3.63. The second-order valence-corrected chi connectivity index (χ2v) is 3.41. The molecule has 0 aliphatic carbocycles. The Kier molecular flexibility index (Phi) is 2.22. The molecule has 1 heterocycles. The van der Waals surface area contributed by atoms with Crippen molar-refractivity contribution in [2.24, 2.45) is 0 Å². The Morgan fingerprint density at radius 3 is 2.86 bits per heavy atom. The lowest BCUT2D eigenvalue weighted by atomic mass is 10.2. The number of nitriles is 1. The number of benzene rings is 1. The average molecular weight is 256 g/mol. The Morgan fingerprint density at radius 1 is 1.50 bits per heavy atom. The van der Waals surface area contributed by atoms with Crippen molar-refractivity contribution >= 4 is 15.9 Å². The van der Waals surface area contributed by atoms with Crippen molar-refractivity contribution in [2.75, 3.05) is 13.9 Å². The van der Waals surface area contributed by atoms with Crippen LogP contribution in [0.1, 0.15) is 5.56 Å². The lowest BCUT2D eigenvalue weighted by molar-refractivity contribution is 0.173. The van der Waals surface area contributed by atoms with Crippen LogP contribution in [0.15, 0.2) is 10.5 Å². The van der Waals surface area contributed by atoms with Crippen LogP contribution in [0.5, 0.6) is 17.2 Å². The molecule has 0 unspecified atom stereocenters. The number of hydrogen-bond donors (Lipinski definition) is 0. The van der Waals surface area contributed by atoms with Crippen LogP contribution in [0.2, 0.25) is 0 Å². The van der Waals surface area contributed by atoms with Crippen LogP contribution in [0.4, 0.5) is 0 Å². The van der Waals surface area contributed by atoms with E-state index in [1.165, 1.54) is 7.11 Å². The first kappa shape index (κ1) is 9.16. The van der Waals surface area contributed by atoms with Crippen molar-refractivity contribution in [2.45, 2.75) is 0 Å². The summed E-state index contributed by atoms with van der Waals surface area (Å²) in [5, 5.41) is 8.86. The van der Waals surface area contributed by atoms with Gasteiger partial charge in [-0.2, -0.15) is 5.26 Å². The largest absolute Gasteiger partial charge is 0.495 e. The third-order valence-corrected chi connectivity index (χ3v) is 2.64. The van der Waals surface area contributed by atoms with Gasteiger partial charge in [0, 0.05) is 6.07 Å². The van der Waals surface area contributed by atoms with Gasteiger partial charge in [0.05, 0.1) is 7.11 Å². The molecule has 1 aliphatic rings. The molecule has 0 amide bonds. The first-order chi connectivity index (χ1) is 6.77. The van der Waals surface area contributed by atoms with E-state index >= 15 is 0 Å². The van der Waals surface area contributed by atoms with Crippen LogP contribution in [0.3, 0.4) is 0 Å². The minimum absolute atomic E-state index is 0.135. The maximum absolute atomic E-state index is 8.86. The van der Waals surface area contributed by atoms with Crippen LogP contribution in [0, 0.1) is 11.3 Å². The van der Waals surface area contributed by atoms with E-state index in [0.29, 0.717) is 27.3 Å². The van der Waals surface area contributed by atoms with Crippen LogP contribution in [-0.2, 0) is 0 Å². The third-order valence-electron chi connectivity index (χ3n) is 1.89. The molecule has 2 rings (SSSR count). The van der Waals surface area contributed by atoms with E-state index in [0.717, 1.165) is 0 Å². The van der Waals surface area contributed by atoms with Gasteiger partial charge in [-0.1, -0.05) is 0 Å². The first-order valence-corrected chi connectivity index (χ1v) is 4.63. The number of nitrogens with zero attached hydrogens (tertiary/aromatic N) is 1. The molecule has 0 spiro atoms. The molecule has 0 fully saturated rings. The average Bonchev–Trinajstić information content (AvgIpc) is 2.68. The quantitative estimate of drug-likeness (QED) is 0.771. The van der Waals surface area contributed by atoms with Gasteiger partial charge in [-0.3, -0.25) is 0 Å². The summed E-state index contributed by atoms with van der Waals surface area (Å²) in [6.07, 6.45) is 0. The summed E-state index contributed by atoms with van der Waals surface area (Å²) < 4.78 is 16.1. The number of methoxy groups -OCH3 is 1. The van der Waals surface area contributed by atoms with Gasteiger partial charge in [-0.05, 0) is 15.9 Å². The molecule has 0 atom stereocenters. The van der Waals surface area contributed by atoms with Crippen molar-refractivity contribution in [3.05, 3.63) is 16.1 Å². The zero-order chi connectivity index (χ0) is 10.1. The lowest BCUT2D eigenvalue weighted by Crippen LogP contribution is -1.93. The van der Waals surface area contributed by atoms with E-state index < -0.39 is 0 Å². The highest BCUT2D eigenvalue weighted by Gasteiger charge is 2.24. The third kappa shape index (κ3) is 1.19. The standard InChI is InChI=1S/C9H6BrNO3/c1-12-6-2-5(3-11)8-9(7(6)10)14-4-13-8/h2H,4H2,1H3. The predicted octanol–water partition coefficient (Wildman–Crippen LogP) is 2.06. The fourth-order valence-corrected chi connectivity index (χ4v) is 1.82. The summed E-state index contributed by atoms with van der Waals surface area (Å²) in [6.45, 7) is 0.135. The first-order valence-electron chi connectivity index (χ1n) is 3.84. The normalized spacial score (nSPS) is 12.4. The van der Waals surface area contributed by atoms with Crippen LogP contribution < -0.4 is 14.2 Å². The van der Waals surface area contributed by atoms with Gasteiger partial charge < -0.3 is 14.2 Å². The minimum Gasteiger partial charge on any atom is -0.495 e. The van der Waals surface area contributed by atoms with Crippen LogP contribution in [-0.4, -0.2) is 13.9 Å². The second-order valence-electron chi connectivity index (χ2n) is 2.62. The Balaban J connectivity index is 2.68. The van der Waals surface area contributed by atoms with Crippen molar-refractivity contribution in [3.63, 3.8) is 0 Å². The number of rotatable bonds is 1. The Hall–Kier alpha value is -1.41. The molecular weight excluding hydrogens is 250 g/mol. The fourth-order valence-electron chi connectivity index (χ4n) is 1.24. The van der Waals surface area contributed by atoms with E-state index in [-0.39, 0.29) is 6.79 Å². The molecule has 0 saturated carbocycles. The van der Waals surface area contributed by atoms with Gasteiger partial charge in [0.15, 0.2) is 11.5 Å². The predicted molar refractivity (Wildman–Crippen MR) is 51.5 cm³/mol. The summed E-state index contributed by atoms with van der Waals surface area (Å²) in [7, 11) is 1.53. The van der Waals surface area contributed by atoms with E-state index in [1.807, 2.05) is 6.07 Å². The fraction of sp³-hybridized carbons (Fsp3) is 0.222. The van der Waals surface area contributed by atoms with Crippen molar-refractivity contribution in [3.8, 4) is 23.3 Å². The molecule has 0 N–H and O–H groups in total. The molecule has 1 aromatic rings. The molecule has 1 aliphatic heterocycles. The van der Waals surface area contributed by atoms with E-state index in [1.54, 1.807) is 6.07 Å². The zero-order valence-electron chi connectivity index (χ0n) is 7.33. The molecule has 0 saturated heterocycles. The molecule has 0 bridgehead atoms. The van der Waals surface area contributed by atoms with Crippen LogP contribution in [0.25, 0.3) is 0 Å². The molecule has 0 radical (unpaired) electrons. The molecule has 0 aromatic heterocycles. The highest BCUT2D eigenvalue weighted by molar-refractivity contribution is 9.10.